The average molecular weight is 205 g/mol. The summed E-state index contributed by atoms with van der Waals surface area (Å²) in [5.41, 5.74) is 1.42. The summed E-state index contributed by atoms with van der Waals surface area (Å²) in [5.74, 6) is 0.308. The second kappa shape index (κ2) is 4.13. The first-order chi connectivity index (χ1) is 7.31. The summed E-state index contributed by atoms with van der Waals surface area (Å²) in [6.45, 7) is 1.34. The molecule has 78 valence electrons. The maximum Gasteiger partial charge on any atom is 0.337 e. The highest BCUT2D eigenvalue weighted by Crippen LogP contribution is 2.10. The molecular weight excluding hydrogens is 194 g/mol. The van der Waals surface area contributed by atoms with Gasteiger partial charge in [-0.05, 0) is 24.3 Å². The van der Waals surface area contributed by atoms with Gasteiger partial charge in [0.25, 0.3) is 0 Å². The van der Waals surface area contributed by atoms with Gasteiger partial charge in [-0.3, -0.25) is 0 Å². The van der Waals surface area contributed by atoms with Crippen molar-refractivity contribution < 1.29 is 14.3 Å². The summed E-state index contributed by atoms with van der Waals surface area (Å²) in [4.78, 5) is 15.3. The molecule has 0 N–H and O–H groups in total. The molecule has 0 radical (unpaired) electrons. The van der Waals surface area contributed by atoms with Crippen LogP contribution in [0.5, 0.6) is 0 Å². The lowest BCUT2D eigenvalue weighted by molar-refractivity contribution is 0.0600. The Bertz CT molecular complexity index is 395. The van der Waals surface area contributed by atoms with Gasteiger partial charge in [0.1, 0.15) is 6.61 Å². The molecule has 0 bridgehead atoms. The van der Waals surface area contributed by atoms with E-state index >= 15 is 0 Å². The van der Waals surface area contributed by atoms with Crippen molar-refractivity contribution in [2.24, 2.45) is 4.99 Å². The van der Waals surface area contributed by atoms with Gasteiger partial charge in [-0.25, -0.2) is 9.79 Å². The number of carbonyl (C=O) groups excluding carboxylic acids is 1. The zero-order chi connectivity index (χ0) is 10.7. The van der Waals surface area contributed by atoms with Gasteiger partial charge in [0.15, 0.2) is 0 Å². The Morgan fingerprint density at radius 1 is 1.40 bits per heavy atom. The van der Waals surface area contributed by atoms with Crippen molar-refractivity contribution in [3.8, 4) is 0 Å². The Hall–Kier alpha value is -1.84. The zero-order valence-corrected chi connectivity index (χ0v) is 8.40. The van der Waals surface area contributed by atoms with Gasteiger partial charge in [-0.15, -0.1) is 0 Å². The Kier molecular flexibility index (Phi) is 2.67. The van der Waals surface area contributed by atoms with Crippen molar-refractivity contribution in [3.05, 3.63) is 35.4 Å². The van der Waals surface area contributed by atoms with E-state index in [9.17, 15) is 4.79 Å². The molecule has 0 fully saturated rings. The first-order valence-electron chi connectivity index (χ1n) is 4.67. The van der Waals surface area contributed by atoms with Crippen LogP contribution in [0.3, 0.4) is 0 Å². The van der Waals surface area contributed by atoms with E-state index in [1.54, 1.807) is 24.3 Å². The van der Waals surface area contributed by atoms with Crippen LogP contribution >= 0.6 is 0 Å². The highest BCUT2D eigenvalue weighted by Gasteiger charge is 2.11. The van der Waals surface area contributed by atoms with Crippen LogP contribution in [0.1, 0.15) is 15.9 Å². The minimum Gasteiger partial charge on any atom is -0.476 e. The number of aliphatic imine (C=N–C) groups is 1. The Balaban J connectivity index is 2.20. The van der Waals surface area contributed by atoms with E-state index in [2.05, 4.69) is 9.73 Å². The van der Waals surface area contributed by atoms with Gasteiger partial charge < -0.3 is 9.47 Å². The average Bonchev–Trinajstić information content (AvgIpc) is 2.82. The molecule has 0 atom stereocenters. The predicted octanol–water partition coefficient (Wildman–Crippen LogP) is 1.25. The number of rotatable bonds is 2. The molecule has 0 spiro atoms. The maximum absolute atomic E-state index is 11.2. The molecule has 1 aromatic carbocycles. The highest BCUT2D eigenvalue weighted by atomic mass is 16.5. The third-order valence-corrected chi connectivity index (χ3v) is 2.14. The van der Waals surface area contributed by atoms with Crippen molar-refractivity contribution in [2.45, 2.75) is 0 Å². The largest absolute Gasteiger partial charge is 0.476 e. The molecule has 4 heteroatoms. The van der Waals surface area contributed by atoms with E-state index < -0.39 is 0 Å². The van der Waals surface area contributed by atoms with Gasteiger partial charge in [0, 0.05) is 5.56 Å². The normalized spacial score (nSPS) is 14.3. The number of hydrogen-bond donors (Lipinski definition) is 0. The van der Waals surface area contributed by atoms with Crippen LogP contribution in [-0.4, -0.2) is 32.1 Å². The van der Waals surface area contributed by atoms with Crippen LogP contribution in [0.2, 0.25) is 0 Å². The van der Waals surface area contributed by atoms with Crippen molar-refractivity contribution in [2.75, 3.05) is 20.3 Å². The fourth-order valence-corrected chi connectivity index (χ4v) is 1.38. The predicted molar refractivity (Wildman–Crippen MR) is 55.1 cm³/mol. The molecule has 1 aromatic rings. The van der Waals surface area contributed by atoms with E-state index in [0.29, 0.717) is 24.6 Å². The number of nitrogens with zero attached hydrogens (tertiary/aromatic N) is 1. The summed E-state index contributed by atoms with van der Waals surface area (Å²) in [6.07, 6.45) is 0. The molecule has 0 aromatic heterocycles. The van der Waals surface area contributed by atoms with Crippen LogP contribution in [0.15, 0.2) is 29.3 Å². The standard InChI is InChI=1S/C11H11NO3/c1-14-11(13)9-4-2-8(3-5-9)10-12-6-7-15-10/h2-5H,6-7H2,1H3. The summed E-state index contributed by atoms with van der Waals surface area (Å²) in [6, 6.07) is 7.00. The Labute approximate surface area is 87.5 Å². The first kappa shape index (κ1) is 9.71. The van der Waals surface area contributed by atoms with E-state index in [1.165, 1.54) is 7.11 Å². The molecule has 0 aliphatic carbocycles. The number of esters is 1. The number of carbonyl (C=O) groups is 1. The fraction of sp³-hybridized carbons (Fsp3) is 0.273. The topological polar surface area (TPSA) is 47.9 Å². The number of methoxy groups -OCH3 is 1. The van der Waals surface area contributed by atoms with Gasteiger partial charge in [-0.1, -0.05) is 0 Å². The molecule has 0 saturated carbocycles. The number of hydrogen-bond acceptors (Lipinski definition) is 4. The molecule has 15 heavy (non-hydrogen) atoms. The number of benzene rings is 1. The van der Waals surface area contributed by atoms with E-state index in [4.69, 9.17) is 4.74 Å². The van der Waals surface area contributed by atoms with Gasteiger partial charge >= 0.3 is 5.97 Å². The third kappa shape index (κ3) is 1.98. The SMILES string of the molecule is COC(=O)c1ccc(C2=NCCO2)cc1. The van der Waals surface area contributed by atoms with Crippen LogP contribution < -0.4 is 0 Å². The summed E-state index contributed by atoms with van der Waals surface area (Å²) < 4.78 is 9.90. The fourth-order valence-electron chi connectivity index (χ4n) is 1.38. The number of ether oxygens (including phenoxy) is 2. The lowest BCUT2D eigenvalue weighted by Gasteiger charge is -2.02. The zero-order valence-electron chi connectivity index (χ0n) is 8.40. The van der Waals surface area contributed by atoms with Crippen molar-refractivity contribution in [1.29, 1.82) is 0 Å². The Morgan fingerprint density at radius 2 is 2.13 bits per heavy atom. The summed E-state index contributed by atoms with van der Waals surface area (Å²) in [7, 11) is 1.36. The maximum atomic E-state index is 11.2. The smallest absolute Gasteiger partial charge is 0.337 e. The second-order valence-corrected chi connectivity index (χ2v) is 3.10. The van der Waals surface area contributed by atoms with Crippen LogP contribution in [0.25, 0.3) is 0 Å². The molecule has 2 rings (SSSR count). The third-order valence-electron chi connectivity index (χ3n) is 2.14. The Morgan fingerprint density at radius 3 is 2.67 bits per heavy atom. The highest BCUT2D eigenvalue weighted by molar-refractivity contribution is 5.96. The van der Waals surface area contributed by atoms with E-state index in [0.717, 1.165) is 5.56 Å². The molecular formula is C11H11NO3. The summed E-state index contributed by atoms with van der Waals surface area (Å²) >= 11 is 0. The minimum absolute atomic E-state index is 0.337. The lowest BCUT2D eigenvalue weighted by Crippen LogP contribution is -2.04. The lowest BCUT2D eigenvalue weighted by atomic mass is 10.1. The molecule has 0 saturated heterocycles. The minimum atomic E-state index is -0.337. The molecule has 0 amide bonds. The van der Waals surface area contributed by atoms with Crippen LogP contribution in [0.4, 0.5) is 0 Å². The quantitative estimate of drug-likeness (QED) is 0.683. The van der Waals surface area contributed by atoms with E-state index in [-0.39, 0.29) is 5.97 Å². The molecule has 1 aliphatic rings. The molecule has 0 unspecified atom stereocenters. The van der Waals surface area contributed by atoms with Crippen LogP contribution in [0, 0.1) is 0 Å². The molecule has 4 nitrogen and oxygen atoms in total. The summed E-state index contributed by atoms with van der Waals surface area (Å²) in [5, 5.41) is 0. The van der Waals surface area contributed by atoms with E-state index in [1.807, 2.05) is 0 Å². The molecule has 1 aliphatic heterocycles. The van der Waals surface area contributed by atoms with Crippen LogP contribution in [-0.2, 0) is 9.47 Å². The second-order valence-electron chi connectivity index (χ2n) is 3.10. The van der Waals surface area contributed by atoms with Gasteiger partial charge in [0.05, 0.1) is 19.2 Å². The van der Waals surface area contributed by atoms with Crippen molar-refractivity contribution >= 4 is 11.9 Å². The monoisotopic (exact) mass is 205 g/mol. The first-order valence-corrected chi connectivity index (χ1v) is 4.67. The van der Waals surface area contributed by atoms with Crippen molar-refractivity contribution in [1.82, 2.24) is 0 Å². The van der Waals surface area contributed by atoms with Crippen molar-refractivity contribution in [3.63, 3.8) is 0 Å². The van der Waals surface area contributed by atoms with Gasteiger partial charge in [-0.2, -0.15) is 0 Å². The van der Waals surface area contributed by atoms with Gasteiger partial charge in [0.2, 0.25) is 5.90 Å². The molecule has 1 heterocycles.